The zero-order chi connectivity index (χ0) is 12.0. The second-order valence-electron chi connectivity index (χ2n) is 4.26. The first kappa shape index (κ1) is 13.0. The van der Waals surface area contributed by atoms with E-state index in [0.29, 0.717) is 18.8 Å². The van der Waals surface area contributed by atoms with Crippen LogP contribution in [-0.4, -0.2) is 36.1 Å². The van der Waals surface area contributed by atoms with Gasteiger partial charge in [-0.05, 0) is 38.3 Å². The fraction of sp³-hybridized carbons (Fsp3) is 0.818. The lowest BCUT2D eigenvalue weighted by molar-refractivity contribution is -0.141. The van der Waals surface area contributed by atoms with Gasteiger partial charge in [-0.25, -0.2) is 4.79 Å². The molecule has 5 nitrogen and oxygen atoms in total. The maximum absolute atomic E-state index is 11.5. The molecule has 1 aliphatic heterocycles. The number of hydrogen-bond acceptors (Lipinski definition) is 3. The van der Waals surface area contributed by atoms with Gasteiger partial charge in [-0.2, -0.15) is 0 Å². The monoisotopic (exact) mass is 228 g/mol. The summed E-state index contributed by atoms with van der Waals surface area (Å²) in [5.41, 5.74) is 0. The van der Waals surface area contributed by atoms with Crippen molar-refractivity contribution in [3.8, 4) is 0 Å². The van der Waals surface area contributed by atoms with Crippen LogP contribution in [0.4, 0.5) is 0 Å². The number of carboxylic acid groups (broad SMARTS) is 1. The SMILES string of the molecule is CCC(NC(=O)CCC1CCNC1)C(=O)O. The Morgan fingerprint density at radius 1 is 1.56 bits per heavy atom. The van der Waals surface area contributed by atoms with Gasteiger partial charge in [0.15, 0.2) is 0 Å². The van der Waals surface area contributed by atoms with Crippen LogP contribution in [0, 0.1) is 5.92 Å². The summed E-state index contributed by atoms with van der Waals surface area (Å²) in [6.07, 6.45) is 2.81. The molecule has 0 bridgehead atoms. The van der Waals surface area contributed by atoms with Crippen LogP contribution < -0.4 is 10.6 Å². The Kier molecular flexibility index (Phi) is 5.25. The number of carbonyl (C=O) groups is 2. The molecule has 0 saturated carbocycles. The van der Waals surface area contributed by atoms with Crippen LogP contribution >= 0.6 is 0 Å². The van der Waals surface area contributed by atoms with E-state index in [1.54, 1.807) is 6.92 Å². The van der Waals surface area contributed by atoms with Gasteiger partial charge in [0.05, 0.1) is 0 Å². The quantitative estimate of drug-likeness (QED) is 0.613. The average molecular weight is 228 g/mol. The predicted octanol–water partition coefficient (Wildman–Crippen LogP) is 0.355. The molecular formula is C11H20N2O3. The summed E-state index contributed by atoms with van der Waals surface area (Å²) in [5.74, 6) is -0.546. The van der Waals surface area contributed by atoms with Gasteiger partial charge >= 0.3 is 5.97 Å². The van der Waals surface area contributed by atoms with Crippen molar-refractivity contribution in [2.24, 2.45) is 5.92 Å². The van der Waals surface area contributed by atoms with Gasteiger partial charge in [-0.1, -0.05) is 6.92 Å². The molecule has 3 N–H and O–H groups in total. The van der Waals surface area contributed by atoms with Gasteiger partial charge in [0.2, 0.25) is 5.91 Å². The van der Waals surface area contributed by atoms with Crippen molar-refractivity contribution in [1.82, 2.24) is 10.6 Å². The number of aliphatic carboxylic acids is 1. The van der Waals surface area contributed by atoms with Gasteiger partial charge in [-0.15, -0.1) is 0 Å². The standard InChI is InChI=1S/C11H20N2O3/c1-2-9(11(15)16)13-10(14)4-3-8-5-6-12-7-8/h8-9,12H,2-7H2,1H3,(H,13,14)(H,15,16). The number of carboxylic acids is 1. The molecule has 0 radical (unpaired) electrons. The Bertz CT molecular complexity index is 250. The van der Waals surface area contributed by atoms with Crippen LogP contribution in [0.5, 0.6) is 0 Å². The van der Waals surface area contributed by atoms with E-state index >= 15 is 0 Å². The summed E-state index contributed by atoms with van der Waals surface area (Å²) < 4.78 is 0. The summed E-state index contributed by atoms with van der Waals surface area (Å²) in [4.78, 5) is 22.2. The molecule has 0 aliphatic carbocycles. The summed E-state index contributed by atoms with van der Waals surface area (Å²) in [5, 5.41) is 14.5. The smallest absolute Gasteiger partial charge is 0.326 e. The van der Waals surface area contributed by atoms with E-state index in [-0.39, 0.29) is 5.91 Å². The van der Waals surface area contributed by atoms with Crippen LogP contribution in [0.1, 0.15) is 32.6 Å². The van der Waals surface area contributed by atoms with Crippen LogP contribution in [0.2, 0.25) is 0 Å². The minimum absolute atomic E-state index is 0.152. The molecule has 1 rings (SSSR count). The predicted molar refractivity (Wildman–Crippen MR) is 60.1 cm³/mol. The van der Waals surface area contributed by atoms with Crippen molar-refractivity contribution in [1.29, 1.82) is 0 Å². The van der Waals surface area contributed by atoms with E-state index in [0.717, 1.165) is 25.9 Å². The third kappa shape index (κ3) is 4.18. The van der Waals surface area contributed by atoms with Gasteiger partial charge < -0.3 is 15.7 Å². The van der Waals surface area contributed by atoms with Gasteiger partial charge in [0, 0.05) is 6.42 Å². The van der Waals surface area contributed by atoms with Gasteiger partial charge in [0.25, 0.3) is 0 Å². The summed E-state index contributed by atoms with van der Waals surface area (Å²) >= 11 is 0. The Labute approximate surface area is 95.6 Å². The molecule has 5 heteroatoms. The lowest BCUT2D eigenvalue weighted by atomic mass is 10.0. The average Bonchev–Trinajstić information content (AvgIpc) is 2.75. The first-order valence-corrected chi connectivity index (χ1v) is 5.86. The fourth-order valence-corrected chi connectivity index (χ4v) is 1.90. The summed E-state index contributed by atoms with van der Waals surface area (Å²) in [6, 6.07) is -0.741. The number of rotatable bonds is 6. The Hall–Kier alpha value is -1.10. The third-order valence-corrected chi connectivity index (χ3v) is 2.98. The first-order valence-electron chi connectivity index (χ1n) is 5.86. The molecule has 1 heterocycles. The summed E-state index contributed by atoms with van der Waals surface area (Å²) in [7, 11) is 0. The van der Waals surface area contributed by atoms with Crippen molar-refractivity contribution in [2.75, 3.05) is 13.1 Å². The van der Waals surface area contributed by atoms with Crippen LogP contribution in [0.25, 0.3) is 0 Å². The molecule has 0 aromatic heterocycles. The largest absolute Gasteiger partial charge is 0.480 e. The number of amides is 1. The van der Waals surface area contributed by atoms with E-state index in [4.69, 9.17) is 5.11 Å². The molecular weight excluding hydrogens is 208 g/mol. The van der Waals surface area contributed by atoms with Crippen molar-refractivity contribution in [3.05, 3.63) is 0 Å². The molecule has 2 atom stereocenters. The lowest BCUT2D eigenvalue weighted by Gasteiger charge is -2.13. The van der Waals surface area contributed by atoms with E-state index in [9.17, 15) is 9.59 Å². The number of nitrogens with one attached hydrogen (secondary N) is 2. The Balaban J connectivity index is 2.21. The molecule has 0 aromatic carbocycles. The molecule has 16 heavy (non-hydrogen) atoms. The Morgan fingerprint density at radius 3 is 2.81 bits per heavy atom. The highest BCUT2D eigenvalue weighted by Crippen LogP contribution is 2.14. The Morgan fingerprint density at radius 2 is 2.31 bits per heavy atom. The number of carbonyl (C=O) groups excluding carboxylic acids is 1. The van der Waals surface area contributed by atoms with Crippen molar-refractivity contribution in [2.45, 2.75) is 38.6 Å². The van der Waals surface area contributed by atoms with Crippen molar-refractivity contribution in [3.63, 3.8) is 0 Å². The zero-order valence-corrected chi connectivity index (χ0v) is 9.66. The van der Waals surface area contributed by atoms with E-state index in [1.807, 2.05) is 0 Å². The van der Waals surface area contributed by atoms with E-state index < -0.39 is 12.0 Å². The molecule has 1 amide bonds. The van der Waals surface area contributed by atoms with Crippen LogP contribution in [0.3, 0.4) is 0 Å². The van der Waals surface area contributed by atoms with E-state index in [1.165, 1.54) is 0 Å². The second kappa shape index (κ2) is 6.48. The minimum atomic E-state index is -0.960. The first-order chi connectivity index (χ1) is 7.63. The molecule has 1 saturated heterocycles. The maximum Gasteiger partial charge on any atom is 0.326 e. The number of hydrogen-bond donors (Lipinski definition) is 3. The van der Waals surface area contributed by atoms with Crippen molar-refractivity contribution >= 4 is 11.9 Å². The van der Waals surface area contributed by atoms with Gasteiger partial charge in [-0.3, -0.25) is 4.79 Å². The third-order valence-electron chi connectivity index (χ3n) is 2.98. The highest BCUT2D eigenvalue weighted by Gasteiger charge is 2.19. The van der Waals surface area contributed by atoms with E-state index in [2.05, 4.69) is 10.6 Å². The maximum atomic E-state index is 11.5. The lowest BCUT2D eigenvalue weighted by Crippen LogP contribution is -2.40. The zero-order valence-electron chi connectivity index (χ0n) is 9.66. The van der Waals surface area contributed by atoms with Crippen molar-refractivity contribution < 1.29 is 14.7 Å². The molecule has 92 valence electrons. The van der Waals surface area contributed by atoms with Crippen LogP contribution in [-0.2, 0) is 9.59 Å². The fourth-order valence-electron chi connectivity index (χ4n) is 1.90. The molecule has 0 spiro atoms. The molecule has 0 aromatic rings. The topological polar surface area (TPSA) is 78.4 Å². The highest BCUT2D eigenvalue weighted by molar-refractivity contribution is 5.83. The normalized spacial score (nSPS) is 21.7. The molecule has 1 aliphatic rings. The summed E-state index contributed by atoms with van der Waals surface area (Å²) in [6.45, 7) is 3.75. The second-order valence-corrected chi connectivity index (χ2v) is 4.26. The van der Waals surface area contributed by atoms with Gasteiger partial charge in [0.1, 0.15) is 6.04 Å². The molecule has 1 fully saturated rings. The minimum Gasteiger partial charge on any atom is -0.480 e. The van der Waals surface area contributed by atoms with Crippen LogP contribution in [0.15, 0.2) is 0 Å². The highest BCUT2D eigenvalue weighted by atomic mass is 16.4. The molecule has 2 unspecified atom stereocenters.